The van der Waals surface area contributed by atoms with Crippen molar-refractivity contribution in [2.75, 3.05) is 17.7 Å². The number of hydrogen-bond acceptors (Lipinski definition) is 2. The maximum atomic E-state index is 13.8. The number of carbonyl (C=O) groups is 1. The molecule has 0 heterocycles. The van der Waals surface area contributed by atoms with E-state index in [1.165, 1.54) is 13.0 Å². The van der Waals surface area contributed by atoms with Gasteiger partial charge < -0.3 is 10.6 Å². The number of hydrogen-bond donors (Lipinski definition) is 2. The number of amides is 1. The van der Waals surface area contributed by atoms with Gasteiger partial charge in [0.25, 0.3) is 5.91 Å². The summed E-state index contributed by atoms with van der Waals surface area (Å²) in [4.78, 5) is 12.0. The summed E-state index contributed by atoms with van der Waals surface area (Å²) in [6.07, 6.45) is 0. The third kappa shape index (κ3) is 2.77. The van der Waals surface area contributed by atoms with Gasteiger partial charge in [-0.3, -0.25) is 4.79 Å². The molecule has 3 nitrogen and oxygen atoms in total. The average molecular weight is 276 g/mol. The van der Waals surface area contributed by atoms with Gasteiger partial charge in [-0.25, -0.2) is 8.78 Å². The number of rotatable bonds is 3. The zero-order valence-corrected chi connectivity index (χ0v) is 11.1. The lowest BCUT2D eigenvalue weighted by Crippen LogP contribution is -2.14. The summed E-state index contributed by atoms with van der Waals surface area (Å²) in [7, 11) is 1.76. The van der Waals surface area contributed by atoms with E-state index in [1.54, 1.807) is 31.3 Å². The lowest BCUT2D eigenvalue weighted by molar-refractivity contribution is 0.102. The molecule has 2 N–H and O–H groups in total. The maximum Gasteiger partial charge on any atom is 0.255 e. The van der Waals surface area contributed by atoms with Gasteiger partial charge in [0.15, 0.2) is 5.82 Å². The van der Waals surface area contributed by atoms with Crippen molar-refractivity contribution in [1.29, 1.82) is 0 Å². The van der Waals surface area contributed by atoms with Gasteiger partial charge in [0.1, 0.15) is 11.5 Å². The van der Waals surface area contributed by atoms with Crippen LogP contribution in [0.2, 0.25) is 0 Å². The van der Waals surface area contributed by atoms with Crippen molar-refractivity contribution < 1.29 is 13.6 Å². The Kier molecular flexibility index (Phi) is 3.98. The fraction of sp³-hybridized carbons (Fsp3) is 0.133. The van der Waals surface area contributed by atoms with E-state index >= 15 is 0 Å². The lowest BCUT2D eigenvalue weighted by atomic mass is 10.1. The first-order valence-corrected chi connectivity index (χ1v) is 6.06. The minimum atomic E-state index is -0.798. The first-order valence-electron chi connectivity index (χ1n) is 6.06. The Balaban J connectivity index is 2.25. The second-order valence-corrected chi connectivity index (χ2v) is 4.33. The fourth-order valence-corrected chi connectivity index (χ4v) is 1.75. The van der Waals surface area contributed by atoms with Crippen molar-refractivity contribution in [3.05, 3.63) is 59.2 Å². The number of carbonyl (C=O) groups excluding carboxylic acids is 1. The van der Waals surface area contributed by atoms with Crippen LogP contribution in [0.15, 0.2) is 36.4 Å². The summed E-state index contributed by atoms with van der Waals surface area (Å²) in [5.74, 6) is -2.12. The molecule has 0 aliphatic heterocycles. The summed E-state index contributed by atoms with van der Waals surface area (Å²) in [5.41, 5.74) is 1.01. The topological polar surface area (TPSA) is 41.1 Å². The normalized spacial score (nSPS) is 10.2. The number of nitrogens with one attached hydrogen (secondary N) is 2. The molecule has 0 fully saturated rings. The van der Waals surface area contributed by atoms with Crippen LogP contribution in [0.25, 0.3) is 0 Å². The van der Waals surface area contributed by atoms with Gasteiger partial charge in [-0.2, -0.15) is 0 Å². The maximum absolute atomic E-state index is 13.8. The van der Waals surface area contributed by atoms with Crippen molar-refractivity contribution in [3.63, 3.8) is 0 Å². The molecule has 0 atom stereocenters. The van der Waals surface area contributed by atoms with Gasteiger partial charge in [0.2, 0.25) is 0 Å². The van der Waals surface area contributed by atoms with E-state index in [1.807, 2.05) is 0 Å². The molecule has 0 unspecified atom stereocenters. The molecular formula is C15H14F2N2O. The predicted molar refractivity (Wildman–Crippen MR) is 75.0 cm³/mol. The highest BCUT2D eigenvalue weighted by molar-refractivity contribution is 6.04. The molecule has 1 amide bonds. The highest BCUT2D eigenvalue weighted by Gasteiger charge is 2.15. The standard InChI is InChI=1S/C15H14F2N2O/c1-9-3-8-12(16)14(13(9)17)19-15(20)10-4-6-11(18-2)7-5-10/h3-8,18H,1-2H3,(H,19,20). The van der Waals surface area contributed by atoms with E-state index in [0.29, 0.717) is 5.56 Å². The van der Waals surface area contributed by atoms with Crippen LogP contribution in [0.4, 0.5) is 20.2 Å². The molecule has 0 aromatic heterocycles. The van der Waals surface area contributed by atoms with Gasteiger partial charge in [-0.05, 0) is 42.8 Å². The minimum absolute atomic E-state index is 0.271. The molecular weight excluding hydrogens is 262 g/mol. The molecule has 0 radical (unpaired) electrons. The molecule has 5 heteroatoms. The zero-order valence-electron chi connectivity index (χ0n) is 11.1. The second-order valence-electron chi connectivity index (χ2n) is 4.33. The number of anilines is 2. The Bertz CT molecular complexity index is 639. The van der Waals surface area contributed by atoms with Crippen LogP contribution in [0, 0.1) is 18.6 Å². The first kappa shape index (κ1) is 14.0. The predicted octanol–water partition coefficient (Wildman–Crippen LogP) is 3.57. The molecule has 0 saturated carbocycles. The Labute approximate surface area is 115 Å². The van der Waals surface area contributed by atoms with E-state index in [9.17, 15) is 13.6 Å². The summed E-state index contributed by atoms with van der Waals surface area (Å²) in [5, 5.41) is 5.18. The van der Waals surface area contributed by atoms with E-state index in [0.717, 1.165) is 11.8 Å². The second kappa shape index (κ2) is 5.69. The van der Waals surface area contributed by atoms with E-state index in [2.05, 4.69) is 10.6 Å². The summed E-state index contributed by atoms with van der Waals surface area (Å²) < 4.78 is 27.4. The van der Waals surface area contributed by atoms with Gasteiger partial charge in [-0.15, -0.1) is 0 Å². The summed E-state index contributed by atoms with van der Waals surface area (Å²) in [6.45, 7) is 1.51. The van der Waals surface area contributed by atoms with Crippen LogP contribution in [0.5, 0.6) is 0 Å². The minimum Gasteiger partial charge on any atom is -0.388 e. The van der Waals surface area contributed by atoms with Crippen LogP contribution in [0.1, 0.15) is 15.9 Å². The Hall–Kier alpha value is -2.43. The Morgan fingerprint density at radius 3 is 2.30 bits per heavy atom. The number of halogens is 2. The molecule has 0 saturated heterocycles. The monoisotopic (exact) mass is 276 g/mol. The highest BCUT2D eigenvalue weighted by atomic mass is 19.1. The molecule has 2 rings (SSSR count). The van der Waals surface area contributed by atoms with Crippen molar-refractivity contribution in [2.45, 2.75) is 6.92 Å². The van der Waals surface area contributed by atoms with Crippen molar-refractivity contribution in [2.24, 2.45) is 0 Å². The van der Waals surface area contributed by atoms with E-state index in [-0.39, 0.29) is 5.56 Å². The summed E-state index contributed by atoms with van der Waals surface area (Å²) >= 11 is 0. The van der Waals surface area contributed by atoms with Crippen LogP contribution < -0.4 is 10.6 Å². The van der Waals surface area contributed by atoms with Crippen molar-refractivity contribution in [1.82, 2.24) is 0 Å². The van der Waals surface area contributed by atoms with Gasteiger partial charge in [-0.1, -0.05) is 6.07 Å². The van der Waals surface area contributed by atoms with Crippen LogP contribution in [0.3, 0.4) is 0 Å². The highest BCUT2D eigenvalue weighted by Crippen LogP contribution is 2.22. The molecule has 2 aromatic carbocycles. The van der Waals surface area contributed by atoms with Crippen LogP contribution >= 0.6 is 0 Å². The van der Waals surface area contributed by atoms with E-state index in [4.69, 9.17) is 0 Å². The van der Waals surface area contributed by atoms with Gasteiger partial charge in [0, 0.05) is 18.3 Å². The smallest absolute Gasteiger partial charge is 0.255 e. The van der Waals surface area contributed by atoms with Crippen LogP contribution in [-0.4, -0.2) is 13.0 Å². The van der Waals surface area contributed by atoms with Crippen molar-refractivity contribution >= 4 is 17.3 Å². The third-order valence-electron chi connectivity index (χ3n) is 2.96. The average Bonchev–Trinajstić information content (AvgIpc) is 2.47. The quantitative estimate of drug-likeness (QED) is 0.899. The van der Waals surface area contributed by atoms with Gasteiger partial charge in [0.05, 0.1) is 0 Å². The number of benzene rings is 2. The first-order chi connectivity index (χ1) is 9.52. The Morgan fingerprint density at radius 2 is 1.70 bits per heavy atom. The molecule has 0 aliphatic rings. The SMILES string of the molecule is CNc1ccc(C(=O)Nc2c(F)ccc(C)c2F)cc1. The molecule has 2 aromatic rings. The fourth-order valence-electron chi connectivity index (χ4n) is 1.75. The molecule has 104 valence electrons. The Morgan fingerprint density at radius 1 is 1.05 bits per heavy atom. The largest absolute Gasteiger partial charge is 0.388 e. The molecule has 0 bridgehead atoms. The molecule has 20 heavy (non-hydrogen) atoms. The lowest BCUT2D eigenvalue weighted by Gasteiger charge is -2.09. The molecule has 0 aliphatic carbocycles. The van der Waals surface area contributed by atoms with Crippen molar-refractivity contribution in [3.8, 4) is 0 Å². The van der Waals surface area contributed by atoms with E-state index < -0.39 is 23.2 Å². The third-order valence-corrected chi connectivity index (χ3v) is 2.96. The summed E-state index contributed by atoms with van der Waals surface area (Å²) in [6, 6.07) is 9.01. The van der Waals surface area contributed by atoms with Gasteiger partial charge >= 0.3 is 0 Å². The number of aryl methyl sites for hydroxylation is 1. The van der Waals surface area contributed by atoms with Crippen LogP contribution in [-0.2, 0) is 0 Å². The zero-order chi connectivity index (χ0) is 14.7. The molecule has 0 spiro atoms.